The van der Waals surface area contributed by atoms with Crippen LogP contribution in [0.1, 0.15) is 19.3 Å². The Morgan fingerprint density at radius 1 is 1.30 bits per heavy atom. The van der Waals surface area contributed by atoms with Gasteiger partial charge in [-0.3, -0.25) is 0 Å². The average Bonchev–Trinajstić information content (AvgIpc) is 2.27. The summed E-state index contributed by atoms with van der Waals surface area (Å²) in [5, 5.41) is 0. The highest BCUT2D eigenvalue weighted by Crippen LogP contribution is 2.33. The minimum absolute atomic E-state index is 0.888. The quantitative estimate of drug-likeness (QED) is 0.494. The molecule has 10 heavy (non-hydrogen) atoms. The summed E-state index contributed by atoms with van der Waals surface area (Å²) >= 11 is 0. The molecule has 0 aromatic carbocycles. The van der Waals surface area contributed by atoms with Crippen molar-refractivity contribution in [2.24, 2.45) is 0 Å². The van der Waals surface area contributed by atoms with Gasteiger partial charge in [0.1, 0.15) is 11.5 Å². The minimum Gasteiger partial charge on any atom is -0.462 e. The lowest BCUT2D eigenvalue weighted by molar-refractivity contribution is 0.344. The molecule has 0 radical (unpaired) electrons. The van der Waals surface area contributed by atoms with Crippen LogP contribution in [0.2, 0.25) is 0 Å². The third-order valence-electron chi connectivity index (χ3n) is 1.85. The van der Waals surface area contributed by atoms with Crippen molar-refractivity contribution in [2.75, 3.05) is 0 Å². The fourth-order valence-corrected chi connectivity index (χ4v) is 1.37. The molecule has 1 heteroatoms. The first-order valence-corrected chi connectivity index (χ1v) is 3.61. The van der Waals surface area contributed by atoms with Crippen molar-refractivity contribution in [2.45, 2.75) is 19.3 Å². The minimum atomic E-state index is 0.888. The number of allylic oxidation sites excluding steroid dienone is 4. The first kappa shape index (κ1) is 5.78. The first-order valence-electron chi connectivity index (χ1n) is 3.61. The number of hydrogen-bond donors (Lipinski definition) is 0. The fraction of sp³-hybridized carbons (Fsp3) is 0.333. The summed E-state index contributed by atoms with van der Waals surface area (Å²) in [7, 11) is 0. The summed E-state index contributed by atoms with van der Waals surface area (Å²) < 4.78 is 5.36. The lowest BCUT2D eigenvalue weighted by Crippen LogP contribution is -1.86. The van der Waals surface area contributed by atoms with Crippen molar-refractivity contribution in [3.8, 4) is 0 Å². The molecule has 0 aromatic heterocycles. The van der Waals surface area contributed by atoms with E-state index in [9.17, 15) is 0 Å². The van der Waals surface area contributed by atoms with Gasteiger partial charge in [-0.15, -0.1) is 0 Å². The van der Waals surface area contributed by atoms with Crippen LogP contribution >= 0.6 is 0 Å². The third kappa shape index (κ3) is 0.783. The molecule has 1 fully saturated rings. The molecule has 0 unspecified atom stereocenters. The molecule has 0 saturated carbocycles. The van der Waals surface area contributed by atoms with Gasteiger partial charge in [0.15, 0.2) is 0 Å². The summed E-state index contributed by atoms with van der Waals surface area (Å²) in [6.45, 7) is 3.77. The van der Waals surface area contributed by atoms with Gasteiger partial charge in [0, 0.05) is 6.42 Å². The normalized spacial score (nSPS) is 23.0. The molecule has 0 aromatic rings. The number of rotatable bonds is 0. The second-order valence-corrected chi connectivity index (χ2v) is 2.69. The van der Waals surface area contributed by atoms with Crippen LogP contribution in [0.25, 0.3) is 0 Å². The summed E-state index contributed by atoms with van der Waals surface area (Å²) in [6.07, 6.45) is 7.59. The smallest absolute Gasteiger partial charge is 0.126 e. The van der Waals surface area contributed by atoms with Crippen LogP contribution in [0.15, 0.2) is 35.8 Å². The molecule has 1 saturated heterocycles. The van der Waals surface area contributed by atoms with Crippen molar-refractivity contribution < 1.29 is 4.74 Å². The zero-order valence-corrected chi connectivity index (χ0v) is 5.89. The summed E-state index contributed by atoms with van der Waals surface area (Å²) in [5.74, 6) is 1.94. The van der Waals surface area contributed by atoms with Gasteiger partial charge in [0.2, 0.25) is 0 Å². The van der Waals surface area contributed by atoms with Crippen molar-refractivity contribution in [3.05, 3.63) is 35.8 Å². The molecule has 1 aliphatic heterocycles. The van der Waals surface area contributed by atoms with E-state index in [2.05, 4.69) is 18.7 Å². The van der Waals surface area contributed by atoms with Gasteiger partial charge < -0.3 is 4.74 Å². The SMILES string of the molecule is C=C1CC2=CCCC=C2O1. The van der Waals surface area contributed by atoms with E-state index in [1.54, 1.807) is 0 Å². The molecule has 2 aliphatic rings. The van der Waals surface area contributed by atoms with Crippen LogP contribution in [-0.2, 0) is 4.74 Å². The lowest BCUT2D eigenvalue weighted by atomic mass is 10.0. The molecule has 52 valence electrons. The molecule has 1 aliphatic carbocycles. The molecular formula is C9H10O. The number of hydrogen-bond acceptors (Lipinski definition) is 1. The van der Waals surface area contributed by atoms with Crippen LogP contribution < -0.4 is 0 Å². The van der Waals surface area contributed by atoms with Crippen molar-refractivity contribution in [3.63, 3.8) is 0 Å². The highest BCUT2D eigenvalue weighted by Gasteiger charge is 2.19. The van der Waals surface area contributed by atoms with Gasteiger partial charge in [0.25, 0.3) is 0 Å². The summed E-state index contributed by atoms with van der Waals surface area (Å²) in [5.41, 5.74) is 1.33. The Hall–Kier alpha value is -0.980. The van der Waals surface area contributed by atoms with E-state index in [-0.39, 0.29) is 0 Å². The molecule has 0 bridgehead atoms. The maximum atomic E-state index is 5.36. The van der Waals surface area contributed by atoms with Crippen LogP contribution in [0, 0.1) is 0 Å². The van der Waals surface area contributed by atoms with Crippen molar-refractivity contribution in [1.29, 1.82) is 0 Å². The first-order chi connectivity index (χ1) is 4.86. The van der Waals surface area contributed by atoms with Gasteiger partial charge >= 0.3 is 0 Å². The molecule has 0 atom stereocenters. The summed E-state index contributed by atoms with van der Waals surface area (Å²) in [4.78, 5) is 0. The highest BCUT2D eigenvalue weighted by molar-refractivity contribution is 5.37. The van der Waals surface area contributed by atoms with Crippen LogP contribution in [0.3, 0.4) is 0 Å². The van der Waals surface area contributed by atoms with E-state index in [0.717, 1.165) is 30.8 Å². The van der Waals surface area contributed by atoms with Crippen LogP contribution in [0.4, 0.5) is 0 Å². The average molecular weight is 134 g/mol. The Morgan fingerprint density at radius 2 is 2.10 bits per heavy atom. The molecule has 0 N–H and O–H groups in total. The Balaban J connectivity index is 2.33. The largest absolute Gasteiger partial charge is 0.462 e. The zero-order chi connectivity index (χ0) is 6.97. The predicted octanol–water partition coefficient (Wildman–Crippen LogP) is 2.52. The molecule has 0 amide bonds. The van der Waals surface area contributed by atoms with E-state index in [1.807, 2.05) is 0 Å². The van der Waals surface area contributed by atoms with E-state index in [4.69, 9.17) is 4.74 Å². The number of fused-ring (bicyclic) bond motifs is 1. The topological polar surface area (TPSA) is 9.23 Å². The molecule has 2 rings (SSSR count). The monoisotopic (exact) mass is 134 g/mol. The van der Waals surface area contributed by atoms with Crippen molar-refractivity contribution in [1.82, 2.24) is 0 Å². The maximum absolute atomic E-state index is 5.36. The van der Waals surface area contributed by atoms with Crippen molar-refractivity contribution >= 4 is 0 Å². The zero-order valence-electron chi connectivity index (χ0n) is 5.89. The highest BCUT2D eigenvalue weighted by atomic mass is 16.5. The lowest BCUT2D eigenvalue weighted by Gasteiger charge is -2.03. The fourth-order valence-electron chi connectivity index (χ4n) is 1.37. The molecule has 0 spiro atoms. The Kier molecular flexibility index (Phi) is 1.16. The van der Waals surface area contributed by atoms with E-state index in [0.29, 0.717) is 0 Å². The van der Waals surface area contributed by atoms with Gasteiger partial charge in [-0.25, -0.2) is 0 Å². The maximum Gasteiger partial charge on any atom is 0.126 e. The van der Waals surface area contributed by atoms with Crippen LogP contribution in [-0.4, -0.2) is 0 Å². The Labute approximate surface area is 60.7 Å². The predicted molar refractivity (Wildman–Crippen MR) is 40.2 cm³/mol. The summed E-state index contributed by atoms with van der Waals surface area (Å²) in [6, 6.07) is 0. The van der Waals surface area contributed by atoms with Gasteiger partial charge in [0.05, 0.1) is 0 Å². The van der Waals surface area contributed by atoms with E-state index >= 15 is 0 Å². The Bertz CT molecular complexity index is 209. The van der Waals surface area contributed by atoms with E-state index in [1.165, 1.54) is 5.57 Å². The second kappa shape index (κ2) is 2.01. The molecule has 1 heterocycles. The standard InChI is InChI=1S/C9H10O/c1-7-6-8-4-2-3-5-9(8)10-7/h4-5H,1-3,6H2. The van der Waals surface area contributed by atoms with Gasteiger partial charge in [-0.05, 0) is 24.5 Å². The molecular weight excluding hydrogens is 124 g/mol. The second-order valence-electron chi connectivity index (χ2n) is 2.69. The van der Waals surface area contributed by atoms with Gasteiger partial charge in [-0.1, -0.05) is 12.7 Å². The number of ether oxygens (including phenoxy) is 1. The Morgan fingerprint density at radius 3 is 2.90 bits per heavy atom. The van der Waals surface area contributed by atoms with Crippen LogP contribution in [0.5, 0.6) is 0 Å². The third-order valence-corrected chi connectivity index (χ3v) is 1.85. The van der Waals surface area contributed by atoms with Gasteiger partial charge in [-0.2, -0.15) is 0 Å². The molecule has 1 nitrogen and oxygen atoms in total. The van der Waals surface area contributed by atoms with E-state index < -0.39 is 0 Å².